The van der Waals surface area contributed by atoms with Crippen LogP contribution in [0.5, 0.6) is 0 Å². The van der Waals surface area contributed by atoms with Crippen LogP contribution in [0.1, 0.15) is 12.8 Å². The van der Waals surface area contributed by atoms with E-state index in [2.05, 4.69) is 10.1 Å². The molecule has 0 unspecified atom stereocenters. The highest BCUT2D eigenvalue weighted by Crippen LogP contribution is 2.30. The molecule has 8 heteroatoms. The lowest BCUT2D eigenvalue weighted by atomic mass is 10.0. The third kappa shape index (κ3) is 2.54. The van der Waals surface area contributed by atoms with Gasteiger partial charge in [-0.25, -0.2) is 9.67 Å². The number of carbonyl (C=O) groups is 1. The first kappa shape index (κ1) is 12.4. The van der Waals surface area contributed by atoms with E-state index in [0.717, 1.165) is 19.4 Å². The molecule has 19 heavy (non-hydrogen) atoms. The molecule has 3 heterocycles. The maximum atomic E-state index is 12.2. The fraction of sp³-hybridized carbons (Fsp3) is 0.727. The molecule has 2 aliphatic heterocycles. The molecule has 8 nitrogen and oxygen atoms in total. The predicted molar refractivity (Wildman–Crippen MR) is 64.9 cm³/mol. The van der Waals surface area contributed by atoms with Gasteiger partial charge >= 0.3 is 0 Å². The van der Waals surface area contributed by atoms with E-state index < -0.39 is 5.79 Å². The van der Waals surface area contributed by atoms with E-state index in [4.69, 9.17) is 15.2 Å². The molecule has 3 rings (SSSR count). The van der Waals surface area contributed by atoms with Crippen LogP contribution in [0.3, 0.4) is 0 Å². The predicted octanol–water partition coefficient (Wildman–Crippen LogP) is -0.774. The van der Waals surface area contributed by atoms with E-state index >= 15 is 0 Å². The molecule has 0 bridgehead atoms. The summed E-state index contributed by atoms with van der Waals surface area (Å²) in [5, 5.41) is 3.91. The first-order valence-electron chi connectivity index (χ1n) is 6.37. The molecular weight excluding hydrogens is 250 g/mol. The number of likely N-dealkylation sites (tertiary alicyclic amines) is 1. The van der Waals surface area contributed by atoms with Crippen LogP contribution in [-0.4, -0.2) is 57.7 Å². The summed E-state index contributed by atoms with van der Waals surface area (Å²) in [6.45, 7) is 2.54. The lowest BCUT2D eigenvalue weighted by Gasteiger charge is -2.38. The van der Waals surface area contributed by atoms with Gasteiger partial charge in [-0.3, -0.25) is 4.79 Å². The zero-order valence-electron chi connectivity index (χ0n) is 10.6. The Morgan fingerprint density at radius 2 is 2.26 bits per heavy atom. The van der Waals surface area contributed by atoms with Crippen molar-refractivity contribution in [3.63, 3.8) is 0 Å². The van der Waals surface area contributed by atoms with Crippen LogP contribution in [0, 0.1) is 0 Å². The monoisotopic (exact) mass is 267 g/mol. The number of nitrogens with zero attached hydrogens (tertiary/aromatic N) is 4. The van der Waals surface area contributed by atoms with Gasteiger partial charge in [0.25, 0.3) is 0 Å². The van der Waals surface area contributed by atoms with Crippen LogP contribution >= 0.6 is 0 Å². The second-order valence-electron chi connectivity index (χ2n) is 4.83. The molecule has 1 amide bonds. The van der Waals surface area contributed by atoms with Crippen molar-refractivity contribution in [2.45, 2.75) is 25.2 Å². The maximum absolute atomic E-state index is 12.2. The van der Waals surface area contributed by atoms with E-state index in [-0.39, 0.29) is 18.4 Å². The Morgan fingerprint density at radius 1 is 1.47 bits per heavy atom. The average Bonchev–Trinajstić information content (AvgIpc) is 3.00. The molecule has 104 valence electrons. The number of ether oxygens (including phenoxy) is 2. The summed E-state index contributed by atoms with van der Waals surface area (Å²) in [6.07, 6.45) is 3.17. The number of hydrogen-bond acceptors (Lipinski definition) is 6. The van der Waals surface area contributed by atoms with Gasteiger partial charge in [0.05, 0.1) is 19.8 Å². The van der Waals surface area contributed by atoms with Crippen molar-refractivity contribution >= 4 is 11.9 Å². The highest BCUT2D eigenvalue weighted by atomic mass is 16.7. The number of aromatic nitrogens is 3. The van der Waals surface area contributed by atoms with E-state index in [1.807, 2.05) is 0 Å². The summed E-state index contributed by atoms with van der Waals surface area (Å²) in [4.78, 5) is 17.8. The molecular formula is C11H17N5O3. The summed E-state index contributed by atoms with van der Waals surface area (Å²) >= 11 is 0. The van der Waals surface area contributed by atoms with Gasteiger partial charge in [-0.2, -0.15) is 0 Å². The number of anilines is 1. The van der Waals surface area contributed by atoms with Gasteiger partial charge in [0.2, 0.25) is 11.9 Å². The minimum atomic E-state index is -0.588. The first-order chi connectivity index (χ1) is 9.17. The number of piperidine rings is 1. The van der Waals surface area contributed by atoms with E-state index in [1.165, 1.54) is 11.0 Å². The molecule has 2 N–H and O–H groups in total. The number of nitrogen functional groups attached to an aromatic ring is 1. The number of carbonyl (C=O) groups excluding carboxylic acids is 1. The lowest BCUT2D eigenvalue weighted by Crippen LogP contribution is -2.51. The Hall–Kier alpha value is -1.67. The molecule has 1 aromatic heterocycles. The van der Waals surface area contributed by atoms with Crippen molar-refractivity contribution < 1.29 is 14.3 Å². The van der Waals surface area contributed by atoms with Crippen molar-refractivity contribution in [3.8, 4) is 0 Å². The van der Waals surface area contributed by atoms with Crippen molar-refractivity contribution in [1.29, 1.82) is 0 Å². The Morgan fingerprint density at radius 3 is 2.95 bits per heavy atom. The molecule has 1 spiro atoms. The van der Waals surface area contributed by atoms with Gasteiger partial charge in [0, 0.05) is 13.0 Å². The van der Waals surface area contributed by atoms with Gasteiger partial charge in [0.1, 0.15) is 12.9 Å². The lowest BCUT2D eigenvalue weighted by molar-refractivity contribution is -0.193. The molecule has 2 fully saturated rings. The summed E-state index contributed by atoms with van der Waals surface area (Å²) in [5.74, 6) is -0.441. The Labute approximate surface area is 110 Å². The van der Waals surface area contributed by atoms with Gasteiger partial charge in [0.15, 0.2) is 5.79 Å². The average molecular weight is 267 g/mol. The van der Waals surface area contributed by atoms with E-state index in [1.54, 1.807) is 4.90 Å². The second kappa shape index (κ2) is 4.78. The Kier molecular flexibility index (Phi) is 3.11. The summed E-state index contributed by atoms with van der Waals surface area (Å²) < 4.78 is 12.7. The van der Waals surface area contributed by atoms with Crippen molar-refractivity contribution in [2.24, 2.45) is 0 Å². The molecule has 0 atom stereocenters. The number of amides is 1. The normalized spacial score (nSPS) is 22.0. The van der Waals surface area contributed by atoms with Gasteiger partial charge in [-0.05, 0) is 6.42 Å². The molecule has 0 aromatic carbocycles. The van der Waals surface area contributed by atoms with Gasteiger partial charge in [-0.1, -0.05) is 0 Å². The van der Waals surface area contributed by atoms with Crippen LogP contribution < -0.4 is 5.73 Å². The minimum absolute atomic E-state index is 0.0249. The highest BCUT2D eigenvalue weighted by Gasteiger charge is 2.41. The quantitative estimate of drug-likeness (QED) is 0.755. The van der Waals surface area contributed by atoms with Crippen molar-refractivity contribution in [1.82, 2.24) is 19.7 Å². The van der Waals surface area contributed by atoms with Crippen LogP contribution in [0.25, 0.3) is 0 Å². The third-order valence-electron chi connectivity index (χ3n) is 3.44. The zero-order valence-corrected chi connectivity index (χ0v) is 10.6. The van der Waals surface area contributed by atoms with Crippen molar-refractivity contribution in [2.75, 3.05) is 32.0 Å². The number of nitrogens with two attached hydrogens (primary N) is 1. The summed E-state index contributed by atoms with van der Waals surface area (Å²) in [5.41, 5.74) is 5.42. The molecule has 0 saturated carbocycles. The number of rotatable bonds is 2. The largest absolute Gasteiger partial charge is 0.367 e. The second-order valence-corrected chi connectivity index (χ2v) is 4.83. The molecule has 2 saturated heterocycles. The first-order valence-corrected chi connectivity index (χ1v) is 6.37. The van der Waals surface area contributed by atoms with E-state index in [9.17, 15) is 4.79 Å². The SMILES string of the molecule is Nc1ncn(CC(=O)N2CCCC3(C2)OCCO3)n1. The van der Waals surface area contributed by atoms with Crippen LogP contribution in [0.4, 0.5) is 5.95 Å². The maximum Gasteiger partial charge on any atom is 0.244 e. The molecule has 0 aliphatic carbocycles. The van der Waals surface area contributed by atoms with Gasteiger partial charge < -0.3 is 20.1 Å². The number of hydrogen-bond donors (Lipinski definition) is 1. The Bertz CT molecular complexity index is 469. The fourth-order valence-corrected chi connectivity index (χ4v) is 2.56. The van der Waals surface area contributed by atoms with Crippen LogP contribution in [-0.2, 0) is 20.8 Å². The van der Waals surface area contributed by atoms with Gasteiger partial charge in [-0.15, -0.1) is 5.10 Å². The molecule has 2 aliphatic rings. The van der Waals surface area contributed by atoms with E-state index in [0.29, 0.717) is 19.8 Å². The fourth-order valence-electron chi connectivity index (χ4n) is 2.56. The topological polar surface area (TPSA) is 95.5 Å². The van der Waals surface area contributed by atoms with Crippen molar-refractivity contribution in [3.05, 3.63) is 6.33 Å². The summed E-state index contributed by atoms with van der Waals surface area (Å²) in [6, 6.07) is 0. The molecule has 1 aromatic rings. The third-order valence-corrected chi connectivity index (χ3v) is 3.44. The smallest absolute Gasteiger partial charge is 0.244 e. The highest BCUT2D eigenvalue weighted by molar-refractivity contribution is 5.76. The minimum Gasteiger partial charge on any atom is -0.367 e. The Balaban J connectivity index is 1.63. The molecule has 0 radical (unpaired) electrons. The standard InChI is InChI=1S/C11H17N5O3/c12-10-13-8-16(14-10)6-9(17)15-3-1-2-11(7-15)18-4-5-19-11/h8H,1-7H2,(H2,12,14). The van der Waals surface area contributed by atoms with Crippen LogP contribution in [0.15, 0.2) is 6.33 Å². The summed E-state index contributed by atoms with van der Waals surface area (Å²) in [7, 11) is 0. The van der Waals surface area contributed by atoms with Crippen LogP contribution in [0.2, 0.25) is 0 Å². The zero-order chi connectivity index (χ0) is 13.3.